The molecule has 0 saturated carbocycles. The van der Waals surface area contributed by atoms with Crippen molar-refractivity contribution < 1.29 is 19.2 Å². The van der Waals surface area contributed by atoms with Crippen LogP contribution in [0.5, 0.6) is 0 Å². The van der Waals surface area contributed by atoms with Crippen LogP contribution in [0.1, 0.15) is 27.7 Å². The average Bonchev–Trinajstić information content (AvgIpc) is 3.17. The lowest BCUT2D eigenvalue weighted by Crippen LogP contribution is -2.29. The molecule has 0 aliphatic carbocycles. The molecule has 0 fully saturated rings. The number of carboxylic acid groups (broad SMARTS) is 1. The lowest BCUT2D eigenvalue weighted by atomic mass is 9.93. The Kier molecular flexibility index (Phi) is 5.45. The maximum Gasteiger partial charge on any atom is 0.405 e. The number of fused-ring (bicyclic) bond motifs is 1. The minimum absolute atomic E-state index is 0.306. The number of hydrogen-bond donors (Lipinski definition) is 2. The Bertz CT molecular complexity index is 1220. The van der Waals surface area contributed by atoms with Gasteiger partial charge in [0.25, 0.3) is 5.24 Å². The Morgan fingerprint density at radius 3 is 2.63 bits per heavy atom. The molecule has 4 aromatic rings. The quantitative estimate of drug-likeness (QED) is 0.432. The van der Waals surface area contributed by atoms with Gasteiger partial charge in [-0.05, 0) is 47.5 Å². The molecule has 1 atom stereocenters. The number of aromatic nitrogens is 2. The van der Waals surface area contributed by atoms with Crippen molar-refractivity contribution in [2.75, 3.05) is 0 Å². The summed E-state index contributed by atoms with van der Waals surface area (Å²) in [6.45, 7) is 0. The summed E-state index contributed by atoms with van der Waals surface area (Å²) < 4.78 is 5.42. The maximum atomic E-state index is 11.5. The molecular formula is C22H16ClN3O4. The van der Waals surface area contributed by atoms with Gasteiger partial charge in [-0.25, -0.2) is 4.79 Å². The topological polar surface area (TPSA) is 105 Å². The van der Waals surface area contributed by atoms with Crippen molar-refractivity contribution in [1.82, 2.24) is 15.5 Å². The van der Waals surface area contributed by atoms with Crippen LogP contribution in [0.15, 0.2) is 71.4 Å². The van der Waals surface area contributed by atoms with E-state index in [1.165, 1.54) is 6.07 Å². The second kappa shape index (κ2) is 8.34. The van der Waals surface area contributed by atoms with Crippen LogP contribution in [-0.2, 0) is 6.42 Å². The molecule has 1 amide bonds. The van der Waals surface area contributed by atoms with Crippen molar-refractivity contribution in [2.45, 2.75) is 12.5 Å². The van der Waals surface area contributed by atoms with Crippen LogP contribution in [0.2, 0.25) is 0 Å². The number of nitrogens with one attached hydrogen (secondary N) is 1. The number of carbonyl (C=O) groups is 2. The number of nitrogens with zero attached hydrogens (tertiary/aromatic N) is 2. The molecule has 0 bridgehead atoms. The van der Waals surface area contributed by atoms with Crippen molar-refractivity contribution in [2.24, 2.45) is 0 Å². The standard InChI is InChI=1S/C22H16ClN3O4/c23-21(27)13-8-9-17-19(11-13)30-26-20(17)16-7-2-1-6-15(16)18(25-22(28)29)12-14-5-3-4-10-24-14/h1-11,18,25H,12H2,(H,28,29). The summed E-state index contributed by atoms with van der Waals surface area (Å²) in [7, 11) is 0. The molecule has 30 heavy (non-hydrogen) atoms. The van der Waals surface area contributed by atoms with Gasteiger partial charge in [-0.3, -0.25) is 9.78 Å². The van der Waals surface area contributed by atoms with Crippen LogP contribution in [-0.4, -0.2) is 26.6 Å². The Labute approximate surface area is 176 Å². The highest BCUT2D eigenvalue weighted by molar-refractivity contribution is 6.67. The van der Waals surface area contributed by atoms with Gasteiger partial charge in [0, 0.05) is 34.8 Å². The normalized spacial score (nSPS) is 11.9. The number of rotatable bonds is 6. The van der Waals surface area contributed by atoms with Crippen molar-refractivity contribution in [3.05, 3.63) is 83.7 Å². The highest BCUT2D eigenvalue weighted by Crippen LogP contribution is 2.34. The number of hydrogen-bond acceptors (Lipinski definition) is 5. The van der Waals surface area contributed by atoms with E-state index in [9.17, 15) is 14.7 Å². The fourth-order valence-electron chi connectivity index (χ4n) is 3.39. The number of pyridine rings is 1. The minimum atomic E-state index is -1.14. The lowest BCUT2D eigenvalue weighted by Gasteiger charge is -2.20. The lowest BCUT2D eigenvalue weighted by molar-refractivity contribution is 0.108. The van der Waals surface area contributed by atoms with Crippen LogP contribution in [0.4, 0.5) is 4.79 Å². The molecule has 2 aromatic carbocycles. The summed E-state index contributed by atoms with van der Waals surface area (Å²) in [6, 6.07) is 17.2. The van der Waals surface area contributed by atoms with Gasteiger partial charge in [-0.1, -0.05) is 35.5 Å². The second-order valence-electron chi connectivity index (χ2n) is 6.63. The van der Waals surface area contributed by atoms with Gasteiger partial charge >= 0.3 is 6.09 Å². The first-order valence-electron chi connectivity index (χ1n) is 9.11. The summed E-state index contributed by atoms with van der Waals surface area (Å²) in [5.74, 6) is 0. The van der Waals surface area contributed by atoms with Gasteiger partial charge in [0.2, 0.25) is 0 Å². The molecule has 2 aromatic heterocycles. The number of carbonyl (C=O) groups excluding carboxylic acids is 1. The van der Waals surface area contributed by atoms with Crippen LogP contribution >= 0.6 is 11.6 Å². The fourth-order valence-corrected chi connectivity index (χ4v) is 3.50. The third-order valence-corrected chi connectivity index (χ3v) is 4.95. The summed E-state index contributed by atoms with van der Waals surface area (Å²) in [5.41, 5.74) is 3.47. The molecule has 1 unspecified atom stereocenters. The highest BCUT2D eigenvalue weighted by atomic mass is 35.5. The molecule has 2 heterocycles. The number of amides is 1. The third-order valence-electron chi connectivity index (χ3n) is 4.73. The largest absolute Gasteiger partial charge is 0.465 e. The van der Waals surface area contributed by atoms with Gasteiger partial charge in [0.1, 0.15) is 5.69 Å². The van der Waals surface area contributed by atoms with E-state index in [-0.39, 0.29) is 0 Å². The Balaban J connectivity index is 1.80. The van der Waals surface area contributed by atoms with Crippen LogP contribution < -0.4 is 5.32 Å². The van der Waals surface area contributed by atoms with Gasteiger partial charge in [-0.2, -0.15) is 0 Å². The zero-order chi connectivity index (χ0) is 21.1. The van der Waals surface area contributed by atoms with E-state index in [1.54, 1.807) is 24.4 Å². The maximum absolute atomic E-state index is 11.5. The van der Waals surface area contributed by atoms with Crippen molar-refractivity contribution >= 4 is 33.9 Å². The molecule has 0 spiro atoms. The Morgan fingerprint density at radius 2 is 1.90 bits per heavy atom. The first-order chi connectivity index (χ1) is 14.5. The van der Waals surface area contributed by atoms with Crippen molar-refractivity contribution in [1.29, 1.82) is 0 Å². The third kappa shape index (κ3) is 4.01. The highest BCUT2D eigenvalue weighted by Gasteiger charge is 2.22. The first-order valence-corrected chi connectivity index (χ1v) is 9.48. The predicted octanol–water partition coefficient (Wildman–Crippen LogP) is 4.82. The average molecular weight is 422 g/mol. The molecule has 0 aliphatic heterocycles. The molecule has 0 saturated heterocycles. The fraction of sp³-hybridized carbons (Fsp3) is 0.0909. The molecule has 150 valence electrons. The zero-order valence-corrected chi connectivity index (χ0v) is 16.3. The SMILES string of the molecule is O=C(O)NC(Cc1ccccn1)c1ccccc1-c1noc2cc(C(=O)Cl)ccc12. The Morgan fingerprint density at radius 1 is 1.10 bits per heavy atom. The number of halogens is 1. The van der Waals surface area contributed by atoms with Gasteiger partial charge in [0.15, 0.2) is 5.58 Å². The molecule has 4 rings (SSSR count). The van der Waals surface area contributed by atoms with Crippen LogP contribution in [0.3, 0.4) is 0 Å². The van der Waals surface area contributed by atoms with Crippen molar-refractivity contribution in [3.8, 4) is 11.3 Å². The van der Waals surface area contributed by atoms with E-state index < -0.39 is 17.4 Å². The Hall–Kier alpha value is -3.71. The molecule has 7 nitrogen and oxygen atoms in total. The monoisotopic (exact) mass is 421 g/mol. The van der Waals surface area contributed by atoms with Gasteiger partial charge in [-0.15, -0.1) is 0 Å². The van der Waals surface area contributed by atoms with E-state index in [1.807, 2.05) is 36.4 Å². The van der Waals surface area contributed by atoms with E-state index in [2.05, 4.69) is 15.5 Å². The molecule has 0 radical (unpaired) electrons. The van der Waals surface area contributed by atoms with E-state index in [4.69, 9.17) is 16.1 Å². The summed E-state index contributed by atoms with van der Waals surface area (Å²) in [5, 5.41) is 16.2. The number of benzene rings is 2. The van der Waals surface area contributed by atoms with E-state index in [0.717, 1.165) is 16.8 Å². The van der Waals surface area contributed by atoms with E-state index >= 15 is 0 Å². The second-order valence-corrected chi connectivity index (χ2v) is 6.97. The van der Waals surface area contributed by atoms with Crippen molar-refractivity contribution in [3.63, 3.8) is 0 Å². The first kappa shape index (κ1) is 19.6. The van der Waals surface area contributed by atoms with E-state index in [0.29, 0.717) is 28.6 Å². The molecule has 8 heteroatoms. The predicted molar refractivity (Wildman–Crippen MR) is 111 cm³/mol. The van der Waals surface area contributed by atoms with Gasteiger partial charge in [0.05, 0.1) is 6.04 Å². The summed E-state index contributed by atoms with van der Waals surface area (Å²) in [4.78, 5) is 27.2. The van der Waals surface area contributed by atoms with Crippen LogP contribution in [0.25, 0.3) is 22.2 Å². The minimum Gasteiger partial charge on any atom is -0.465 e. The summed E-state index contributed by atoms with van der Waals surface area (Å²) in [6.07, 6.45) is 0.895. The molecular weight excluding hydrogens is 406 g/mol. The molecule has 0 aliphatic rings. The smallest absolute Gasteiger partial charge is 0.405 e. The zero-order valence-electron chi connectivity index (χ0n) is 15.6. The molecule has 2 N–H and O–H groups in total. The summed E-state index contributed by atoms with van der Waals surface area (Å²) >= 11 is 5.55. The van der Waals surface area contributed by atoms with Gasteiger partial charge < -0.3 is 14.9 Å². The van der Waals surface area contributed by atoms with Crippen LogP contribution in [0, 0.1) is 0 Å².